The molecule has 1 aromatic heterocycles. The van der Waals surface area contributed by atoms with Crippen LogP contribution in [0.15, 0.2) is 41.3 Å². The molecule has 0 bridgehead atoms. The number of carbonyl (C=O) groups is 1. The summed E-state index contributed by atoms with van der Waals surface area (Å²) in [5.41, 5.74) is 6.20. The molecule has 1 aliphatic heterocycles. The van der Waals surface area contributed by atoms with Crippen LogP contribution in [-0.2, 0) is 15.3 Å². The molecule has 1 saturated heterocycles. The van der Waals surface area contributed by atoms with Gasteiger partial charge in [-0.05, 0) is 23.8 Å². The molecule has 0 saturated carbocycles. The maximum atomic E-state index is 12.3. The van der Waals surface area contributed by atoms with Gasteiger partial charge >= 0.3 is 5.69 Å². The Bertz CT molecular complexity index is 971. The minimum absolute atomic E-state index is 0.00130. The number of benzene rings is 1. The zero-order valence-corrected chi connectivity index (χ0v) is 18.1. The summed E-state index contributed by atoms with van der Waals surface area (Å²) >= 11 is 1.49. The van der Waals surface area contributed by atoms with Crippen molar-refractivity contribution in [3.05, 3.63) is 52.6 Å². The summed E-state index contributed by atoms with van der Waals surface area (Å²) in [4.78, 5) is 28.4. The van der Waals surface area contributed by atoms with Crippen LogP contribution in [0.3, 0.4) is 0 Å². The van der Waals surface area contributed by atoms with E-state index in [9.17, 15) is 19.8 Å². The Kier molecular flexibility index (Phi) is 8.23. The van der Waals surface area contributed by atoms with Crippen molar-refractivity contribution in [2.75, 3.05) is 24.8 Å². The highest BCUT2D eigenvalue weighted by molar-refractivity contribution is 7.98. The Morgan fingerprint density at radius 3 is 2.62 bits per heavy atom. The molecule has 0 aliphatic carbocycles. The third-order valence-corrected chi connectivity index (χ3v) is 6.07. The van der Waals surface area contributed by atoms with E-state index in [0.717, 1.165) is 15.9 Å². The standard InChI is InChI=1S/C20H26N4O7S/c1-30-12-4-2-11(3-5-12)9-32-10-13(21)18(28)22-15-6-7-24(20(29)23-15)19-17(27)16(26)14(8-25)31-19/h2-7,13-14,16-17,19,25-27H,8-10,21H2,1H3,(H,22,23,28,29)/t13-,14+,16+,17+,19+/m0/s1. The molecule has 0 spiro atoms. The van der Waals surface area contributed by atoms with Crippen LogP contribution in [0.1, 0.15) is 11.8 Å². The number of methoxy groups -OCH3 is 1. The number of aromatic nitrogens is 2. The number of rotatable bonds is 9. The predicted octanol–water partition coefficient (Wildman–Crippen LogP) is -0.937. The number of aliphatic hydroxyl groups is 3. The number of ether oxygens (including phenoxy) is 2. The molecule has 1 aromatic carbocycles. The smallest absolute Gasteiger partial charge is 0.351 e. The highest BCUT2D eigenvalue weighted by Gasteiger charge is 2.43. The van der Waals surface area contributed by atoms with Gasteiger partial charge in [-0.3, -0.25) is 9.36 Å². The second kappa shape index (κ2) is 10.9. The van der Waals surface area contributed by atoms with Crippen molar-refractivity contribution in [3.8, 4) is 5.75 Å². The van der Waals surface area contributed by atoms with E-state index in [1.807, 2.05) is 24.3 Å². The molecule has 2 aromatic rings. The third kappa shape index (κ3) is 5.65. The van der Waals surface area contributed by atoms with Crippen molar-refractivity contribution in [1.82, 2.24) is 9.55 Å². The quantitative estimate of drug-likeness (QED) is 0.311. The van der Waals surface area contributed by atoms with Crippen LogP contribution in [0.25, 0.3) is 0 Å². The number of amides is 1. The summed E-state index contributed by atoms with van der Waals surface area (Å²) in [6, 6.07) is 8.12. The molecule has 1 amide bonds. The number of hydrogen-bond donors (Lipinski definition) is 5. The monoisotopic (exact) mass is 466 g/mol. The average molecular weight is 467 g/mol. The van der Waals surface area contributed by atoms with Gasteiger partial charge in [0.15, 0.2) is 6.23 Å². The van der Waals surface area contributed by atoms with Gasteiger partial charge < -0.3 is 35.8 Å². The maximum Gasteiger partial charge on any atom is 0.351 e. The van der Waals surface area contributed by atoms with E-state index in [-0.39, 0.29) is 5.82 Å². The molecule has 1 fully saturated rings. The Hall–Kier alpha value is -2.48. The van der Waals surface area contributed by atoms with Crippen LogP contribution in [0, 0.1) is 0 Å². The number of hydrogen-bond acceptors (Lipinski definition) is 10. The zero-order valence-electron chi connectivity index (χ0n) is 17.3. The summed E-state index contributed by atoms with van der Waals surface area (Å²) in [5, 5.41) is 31.5. The van der Waals surface area contributed by atoms with Gasteiger partial charge in [0.25, 0.3) is 0 Å². The lowest BCUT2D eigenvalue weighted by Crippen LogP contribution is -2.39. The van der Waals surface area contributed by atoms with Gasteiger partial charge in [0, 0.05) is 17.7 Å². The molecule has 6 N–H and O–H groups in total. The fraction of sp³-hybridized carbons (Fsp3) is 0.450. The molecule has 0 unspecified atom stereocenters. The SMILES string of the molecule is COc1ccc(CSC[C@H](N)C(=O)Nc2ccn([C@@H]3O[C@H](CO)[C@@H](O)[C@H]3O)c(=O)n2)cc1. The lowest BCUT2D eigenvalue weighted by molar-refractivity contribution is -0.116. The Labute approximate surface area is 188 Å². The minimum atomic E-state index is -1.41. The molecule has 1 aliphatic rings. The van der Waals surface area contributed by atoms with E-state index in [1.54, 1.807) is 7.11 Å². The van der Waals surface area contributed by atoms with Crippen LogP contribution in [0.5, 0.6) is 5.75 Å². The first kappa shape index (κ1) is 24.2. The number of thioether (sulfide) groups is 1. The highest BCUT2D eigenvalue weighted by atomic mass is 32.2. The maximum absolute atomic E-state index is 12.3. The first-order valence-electron chi connectivity index (χ1n) is 9.82. The van der Waals surface area contributed by atoms with Gasteiger partial charge in [0.05, 0.1) is 19.8 Å². The van der Waals surface area contributed by atoms with Crippen molar-refractivity contribution in [2.45, 2.75) is 36.3 Å². The average Bonchev–Trinajstić information content (AvgIpc) is 3.08. The van der Waals surface area contributed by atoms with Gasteiger partial charge in [-0.15, -0.1) is 0 Å². The van der Waals surface area contributed by atoms with E-state index in [2.05, 4.69) is 10.3 Å². The Morgan fingerprint density at radius 2 is 2.03 bits per heavy atom. The van der Waals surface area contributed by atoms with E-state index < -0.39 is 48.8 Å². The van der Waals surface area contributed by atoms with Crippen LogP contribution in [0.2, 0.25) is 0 Å². The van der Waals surface area contributed by atoms with Crippen molar-refractivity contribution in [1.29, 1.82) is 0 Å². The predicted molar refractivity (Wildman–Crippen MR) is 117 cm³/mol. The fourth-order valence-corrected chi connectivity index (χ4v) is 4.06. The summed E-state index contributed by atoms with van der Waals surface area (Å²) in [7, 11) is 1.60. The third-order valence-electron chi connectivity index (χ3n) is 4.93. The van der Waals surface area contributed by atoms with Crippen molar-refractivity contribution < 1.29 is 29.6 Å². The van der Waals surface area contributed by atoms with Crippen LogP contribution >= 0.6 is 11.8 Å². The van der Waals surface area contributed by atoms with Gasteiger partial charge in [-0.25, -0.2) is 4.79 Å². The Morgan fingerprint density at radius 1 is 1.31 bits per heavy atom. The normalized spacial score (nSPS) is 23.7. The van der Waals surface area contributed by atoms with Gasteiger partial charge in [0.2, 0.25) is 5.91 Å². The molecular weight excluding hydrogens is 440 g/mol. The number of carbonyl (C=O) groups excluding carboxylic acids is 1. The number of anilines is 1. The highest BCUT2D eigenvalue weighted by Crippen LogP contribution is 2.28. The zero-order chi connectivity index (χ0) is 23.3. The number of nitrogens with two attached hydrogens (primary N) is 1. The summed E-state index contributed by atoms with van der Waals surface area (Å²) in [6.07, 6.45) is -3.71. The molecule has 3 rings (SSSR count). The molecule has 32 heavy (non-hydrogen) atoms. The molecule has 174 valence electrons. The second-order valence-electron chi connectivity index (χ2n) is 7.19. The molecule has 2 heterocycles. The van der Waals surface area contributed by atoms with Gasteiger partial charge in [-0.2, -0.15) is 16.7 Å². The van der Waals surface area contributed by atoms with Crippen LogP contribution in [0.4, 0.5) is 5.82 Å². The van der Waals surface area contributed by atoms with Crippen molar-refractivity contribution >= 4 is 23.5 Å². The van der Waals surface area contributed by atoms with Crippen LogP contribution in [-0.4, -0.2) is 74.6 Å². The van der Waals surface area contributed by atoms with Gasteiger partial charge in [0.1, 0.15) is 29.9 Å². The first-order chi connectivity index (χ1) is 15.3. The number of nitrogens with zero attached hydrogens (tertiary/aromatic N) is 2. The molecule has 0 radical (unpaired) electrons. The Balaban J connectivity index is 1.53. The summed E-state index contributed by atoms with van der Waals surface area (Å²) < 4.78 is 11.4. The lowest BCUT2D eigenvalue weighted by Gasteiger charge is -2.17. The van der Waals surface area contributed by atoms with Crippen molar-refractivity contribution in [2.24, 2.45) is 5.73 Å². The fourth-order valence-electron chi connectivity index (χ4n) is 3.11. The number of aliphatic hydroxyl groups excluding tert-OH is 3. The molecule has 5 atom stereocenters. The van der Waals surface area contributed by atoms with Crippen molar-refractivity contribution in [3.63, 3.8) is 0 Å². The topological polar surface area (TPSA) is 169 Å². The largest absolute Gasteiger partial charge is 0.497 e. The van der Waals surface area contributed by atoms with E-state index in [4.69, 9.17) is 20.3 Å². The molecular formula is C20H26N4O7S. The summed E-state index contributed by atoms with van der Waals surface area (Å²) in [6.45, 7) is -0.514. The molecule has 12 heteroatoms. The first-order valence-corrected chi connectivity index (χ1v) is 11.0. The minimum Gasteiger partial charge on any atom is -0.497 e. The van der Waals surface area contributed by atoms with E-state index in [0.29, 0.717) is 11.5 Å². The lowest BCUT2D eigenvalue weighted by atomic mass is 10.1. The number of nitrogens with one attached hydrogen (secondary N) is 1. The van der Waals surface area contributed by atoms with E-state index >= 15 is 0 Å². The molecule has 11 nitrogen and oxygen atoms in total. The van der Waals surface area contributed by atoms with Crippen LogP contribution < -0.4 is 21.5 Å². The van der Waals surface area contributed by atoms with E-state index in [1.165, 1.54) is 24.0 Å². The summed E-state index contributed by atoms with van der Waals surface area (Å²) in [5.74, 6) is 1.30. The van der Waals surface area contributed by atoms with Gasteiger partial charge in [-0.1, -0.05) is 12.1 Å². The second-order valence-corrected chi connectivity index (χ2v) is 8.22.